The molecular formula is C37H28F10N2O5. The third-order valence-corrected chi connectivity index (χ3v) is 9.57. The zero-order valence-corrected chi connectivity index (χ0v) is 28.1. The molecule has 0 radical (unpaired) electrons. The molecule has 2 aliphatic carbocycles. The van der Waals surface area contributed by atoms with Gasteiger partial charge in [0.2, 0.25) is 0 Å². The zero-order valence-electron chi connectivity index (χ0n) is 28.1. The molecule has 17 heteroatoms. The van der Waals surface area contributed by atoms with Crippen LogP contribution in [0.3, 0.4) is 0 Å². The van der Waals surface area contributed by atoms with Crippen LogP contribution in [0.4, 0.5) is 48.7 Å². The van der Waals surface area contributed by atoms with Gasteiger partial charge in [-0.15, -0.1) is 0 Å². The highest BCUT2D eigenvalue weighted by Gasteiger charge is 2.64. The number of carboxylic acid groups (broad SMARTS) is 1. The fourth-order valence-corrected chi connectivity index (χ4v) is 6.85. The van der Waals surface area contributed by atoms with Crippen molar-refractivity contribution in [3.63, 3.8) is 0 Å². The van der Waals surface area contributed by atoms with E-state index in [1.807, 2.05) is 0 Å². The van der Waals surface area contributed by atoms with Gasteiger partial charge < -0.3 is 19.5 Å². The van der Waals surface area contributed by atoms with E-state index in [-0.39, 0.29) is 76.7 Å². The molecule has 1 aromatic heterocycles. The number of hydrogen-bond donors (Lipinski definition) is 1. The largest absolute Gasteiger partial charge is 0.496 e. The van der Waals surface area contributed by atoms with Crippen LogP contribution in [0.15, 0.2) is 77.4 Å². The summed E-state index contributed by atoms with van der Waals surface area (Å²) in [6, 6.07) is 7.86. The molecule has 7 nitrogen and oxygen atoms in total. The maximum atomic E-state index is 15.5. The van der Waals surface area contributed by atoms with Gasteiger partial charge in [0.25, 0.3) is 0 Å². The lowest BCUT2D eigenvalue weighted by molar-refractivity contribution is -0.141. The van der Waals surface area contributed by atoms with Crippen LogP contribution in [-0.4, -0.2) is 58.7 Å². The molecule has 2 atom stereocenters. The summed E-state index contributed by atoms with van der Waals surface area (Å²) < 4.78 is 151. The van der Waals surface area contributed by atoms with E-state index in [1.54, 1.807) is 0 Å². The van der Waals surface area contributed by atoms with Gasteiger partial charge in [0, 0.05) is 35.2 Å². The van der Waals surface area contributed by atoms with E-state index in [1.165, 1.54) is 38.3 Å². The summed E-state index contributed by atoms with van der Waals surface area (Å²) in [7, 11) is 1.18. The van der Waals surface area contributed by atoms with E-state index >= 15 is 4.39 Å². The van der Waals surface area contributed by atoms with Gasteiger partial charge in [-0.3, -0.25) is 0 Å². The van der Waals surface area contributed by atoms with E-state index in [0.717, 1.165) is 17.0 Å². The molecule has 1 amide bonds. The second-order valence-corrected chi connectivity index (χ2v) is 13.0. The van der Waals surface area contributed by atoms with Gasteiger partial charge in [-0.05, 0) is 79.3 Å². The van der Waals surface area contributed by atoms with Crippen molar-refractivity contribution < 1.29 is 68.1 Å². The van der Waals surface area contributed by atoms with Crippen molar-refractivity contribution in [1.29, 1.82) is 0 Å². The Hall–Kier alpha value is -5.35. The summed E-state index contributed by atoms with van der Waals surface area (Å²) in [5, 5.41) is 9.36. The Morgan fingerprint density at radius 3 is 2.20 bits per heavy atom. The minimum absolute atomic E-state index is 0.0216. The Kier molecular flexibility index (Phi) is 9.59. The molecule has 1 saturated carbocycles. The Morgan fingerprint density at radius 1 is 0.907 bits per heavy atom. The zero-order chi connectivity index (χ0) is 39.5. The van der Waals surface area contributed by atoms with Crippen molar-refractivity contribution in [1.82, 2.24) is 9.88 Å². The van der Waals surface area contributed by atoms with Crippen LogP contribution in [0.5, 0.6) is 5.75 Å². The van der Waals surface area contributed by atoms with Crippen molar-refractivity contribution in [3.05, 3.63) is 106 Å². The summed E-state index contributed by atoms with van der Waals surface area (Å²) in [5.74, 6) is -3.53. The summed E-state index contributed by atoms with van der Waals surface area (Å²) in [6.07, 6.45) is -15.2. The molecule has 3 aliphatic rings. The molecule has 0 bridgehead atoms. The highest BCUT2D eigenvalue weighted by Crippen LogP contribution is 2.60. The third kappa shape index (κ3) is 7.27. The van der Waals surface area contributed by atoms with Gasteiger partial charge in [-0.2, -0.15) is 39.5 Å². The number of hydrogen-bond acceptors (Lipinski definition) is 5. The topological polar surface area (TPSA) is 89.0 Å². The number of allylic oxidation sites excluding steroid dienone is 4. The first-order valence-electron chi connectivity index (χ1n) is 16.2. The first kappa shape index (κ1) is 38.4. The summed E-state index contributed by atoms with van der Waals surface area (Å²) in [4.78, 5) is 29.9. The Morgan fingerprint density at radius 2 is 1.59 bits per heavy atom. The fraction of sp³-hybridized carbons (Fsp3) is 0.324. The number of carbonyl (C=O) groups is 2. The maximum absolute atomic E-state index is 15.5. The summed E-state index contributed by atoms with van der Waals surface area (Å²) >= 11 is 0. The Bertz CT molecular complexity index is 2130. The standard InChI is InChI=1S/C37H28F10N2O5/c1-18-11-19(32(50)51)5-6-22(18)24-15-25(30(53-2)16-28(24)38)23-7-8-31(37(45,46)47)48-29(23)17-49-10-4-3-9-34(54-33(49)52)26-13-20(35(39,40)41)12-21(14-27(26)34)36(42,43)44/h5-8,11-16,26H,3-4,9-10,17H2,1-2H3,(H,50,51)/t26?,34-/m1/s1. The number of aromatic carboxylic acids is 1. The van der Waals surface area contributed by atoms with Gasteiger partial charge in [0.15, 0.2) is 0 Å². The van der Waals surface area contributed by atoms with Gasteiger partial charge in [0.05, 0.1) is 36.1 Å². The molecule has 54 heavy (non-hydrogen) atoms. The number of methoxy groups -OCH3 is 1. The molecule has 3 aromatic rings. The summed E-state index contributed by atoms with van der Waals surface area (Å²) in [6.45, 7) is 0.732. The number of aromatic nitrogens is 1. The fourth-order valence-electron chi connectivity index (χ4n) is 6.85. The van der Waals surface area contributed by atoms with Crippen molar-refractivity contribution in [2.24, 2.45) is 5.92 Å². The minimum atomic E-state index is -5.17. The van der Waals surface area contributed by atoms with Crippen LogP contribution < -0.4 is 4.74 Å². The summed E-state index contributed by atoms with van der Waals surface area (Å²) in [5.41, 5.74) is -6.48. The molecule has 1 spiro atoms. The predicted molar refractivity (Wildman–Crippen MR) is 172 cm³/mol. The molecule has 1 N–H and O–H groups in total. The maximum Gasteiger partial charge on any atom is 0.433 e. The number of carboxylic acids is 1. The van der Waals surface area contributed by atoms with E-state index in [0.29, 0.717) is 23.8 Å². The van der Waals surface area contributed by atoms with Gasteiger partial charge >= 0.3 is 30.6 Å². The van der Waals surface area contributed by atoms with Gasteiger partial charge in [-0.25, -0.2) is 19.0 Å². The SMILES string of the molecule is COc1cc(F)c(-c2ccc(C(=O)O)cc2C)cc1-c1ccc(C(F)(F)F)nc1CN1CCCC[C@]2(OC1=O)C1=CC(C(F)(F)F)=CC(C(F)(F)F)=CC12. The number of alkyl halides is 9. The lowest BCUT2D eigenvalue weighted by Gasteiger charge is -2.30. The van der Waals surface area contributed by atoms with Crippen LogP contribution >= 0.6 is 0 Å². The van der Waals surface area contributed by atoms with Crippen LogP contribution in [0, 0.1) is 18.7 Å². The molecule has 6 rings (SSSR count). The lowest BCUT2D eigenvalue weighted by Crippen LogP contribution is -2.38. The molecule has 1 saturated heterocycles. The average Bonchev–Trinajstić information content (AvgIpc) is 3.72. The molecule has 2 aromatic carbocycles. The number of aryl methyl sites for hydroxylation is 1. The Balaban J connectivity index is 1.40. The van der Waals surface area contributed by atoms with Crippen molar-refractivity contribution in [3.8, 4) is 28.0 Å². The monoisotopic (exact) mass is 770 g/mol. The van der Waals surface area contributed by atoms with Crippen molar-refractivity contribution in [2.75, 3.05) is 13.7 Å². The lowest BCUT2D eigenvalue weighted by atomic mass is 9.93. The number of benzene rings is 2. The number of carbonyl (C=O) groups excluding carboxylic acids is 1. The first-order valence-corrected chi connectivity index (χ1v) is 16.2. The quantitative estimate of drug-likeness (QED) is 0.251. The average molecular weight is 771 g/mol. The number of pyridine rings is 1. The molecule has 2 heterocycles. The van der Waals surface area contributed by atoms with Crippen molar-refractivity contribution in [2.45, 2.75) is 56.9 Å². The molecule has 1 aliphatic heterocycles. The first-order chi connectivity index (χ1) is 25.1. The highest BCUT2D eigenvalue weighted by atomic mass is 19.4. The highest BCUT2D eigenvalue weighted by molar-refractivity contribution is 5.89. The molecule has 2 fully saturated rings. The van der Waals surface area contributed by atoms with E-state index in [9.17, 15) is 54.2 Å². The molecule has 1 unspecified atom stereocenters. The predicted octanol–water partition coefficient (Wildman–Crippen LogP) is 10.00. The number of halogens is 10. The van der Waals surface area contributed by atoms with E-state index in [4.69, 9.17) is 9.47 Å². The van der Waals surface area contributed by atoms with Crippen LogP contribution in [-0.2, 0) is 17.5 Å². The molecular weight excluding hydrogens is 742 g/mol. The minimum Gasteiger partial charge on any atom is -0.496 e. The number of rotatable bonds is 6. The third-order valence-electron chi connectivity index (χ3n) is 9.57. The smallest absolute Gasteiger partial charge is 0.433 e. The van der Waals surface area contributed by atoms with Crippen LogP contribution in [0.2, 0.25) is 0 Å². The van der Waals surface area contributed by atoms with Crippen LogP contribution in [0.25, 0.3) is 22.3 Å². The van der Waals surface area contributed by atoms with Gasteiger partial charge in [-0.1, -0.05) is 18.2 Å². The second-order valence-electron chi connectivity index (χ2n) is 13.0. The number of ether oxygens (including phenoxy) is 2. The van der Waals surface area contributed by atoms with Gasteiger partial charge in [0.1, 0.15) is 22.9 Å². The Labute approximate surface area is 300 Å². The second kappa shape index (κ2) is 13.5. The van der Waals surface area contributed by atoms with Crippen LogP contribution in [0.1, 0.15) is 46.6 Å². The number of nitrogens with zero attached hydrogens (tertiary/aromatic N) is 2. The number of fused-ring (bicyclic) bond motifs is 3. The van der Waals surface area contributed by atoms with E-state index < -0.39 is 71.3 Å². The number of amides is 1. The van der Waals surface area contributed by atoms with Crippen molar-refractivity contribution >= 4 is 12.1 Å². The normalized spacial score (nSPS) is 20.5. The molecule has 286 valence electrons. The van der Waals surface area contributed by atoms with E-state index in [2.05, 4.69) is 4.98 Å².